The fourth-order valence-electron chi connectivity index (χ4n) is 1.52. The Morgan fingerprint density at radius 3 is 2.68 bits per heavy atom. The minimum Gasteiger partial charge on any atom is -0.489 e. The topological polar surface area (TPSA) is 52.4 Å². The Morgan fingerprint density at radius 1 is 1.26 bits per heavy atom. The molecule has 0 heterocycles. The molecular formula is C13H9ClFNO3. The summed E-state index contributed by atoms with van der Waals surface area (Å²) in [6.45, 7) is 0.206. The molecule has 2 aromatic rings. The number of nitrogens with zero attached hydrogens (tertiary/aromatic N) is 1. The second-order valence-electron chi connectivity index (χ2n) is 3.79. The molecule has 6 heteroatoms. The minimum atomic E-state index is -0.923. The first kappa shape index (κ1) is 13.3. The van der Waals surface area contributed by atoms with Gasteiger partial charge in [0.25, 0.3) is 0 Å². The molecule has 0 aromatic heterocycles. The van der Waals surface area contributed by atoms with Gasteiger partial charge in [-0.05, 0) is 23.8 Å². The van der Waals surface area contributed by atoms with Crippen molar-refractivity contribution in [1.29, 1.82) is 0 Å². The van der Waals surface area contributed by atoms with E-state index in [1.807, 2.05) is 6.07 Å². The van der Waals surface area contributed by atoms with Gasteiger partial charge in [0.05, 0.1) is 4.92 Å². The van der Waals surface area contributed by atoms with Gasteiger partial charge in [-0.3, -0.25) is 10.1 Å². The van der Waals surface area contributed by atoms with Gasteiger partial charge >= 0.3 is 5.69 Å². The highest BCUT2D eigenvalue weighted by atomic mass is 35.5. The van der Waals surface area contributed by atoms with Crippen molar-refractivity contribution >= 4 is 17.3 Å². The monoisotopic (exact) mass is 281 g/mol. The number of ether oxygens (including phenoxy) is 1. The van der Waals surface area contributed by atoms with Gasteiger partial charge in [-0.1, -0.05) is 23.7 Å². The molecule has 0 amide bonds. The van der Waals surface area contributed by atoms with Crippen LogP contribution in [-0.2, 0) is 6.61 Å². The second kappa shape index (κ2) is 5.67. The molecule has 0 N–H and O–H groups in total. The van der Waals surface area contributed by atoms with Crippen LogP contribution >= 0.6 is 11.6 Å². The smallest absolute Gasteiger partial charge is 0.305 e. The lowest BCUT2D eigenvalue weighted by Gasteiger charge is -2.06. The molecule has 0 atom stereocenters. The van der Waals surface area contributed by atoms with Crippen LogP contribution in [0.3, 0.4) is 0 Å². The fourth-order valence-corrected chi connectivity index (χ4v) is 1.73. The Labute approximate surface area is 113 Å². The summed E-state index contributed by atoms with van der Waals surface area (Å²) in [5.74, 6) is -0.698. The largest absolute Gasteiger partial charge is 0.489 e. The molecule has 19 heavy (non-hydrogen) atoms. The molecule has 0 saturated carbocycles. The van der Waals surface area contributed by atoms with Gasteiger partial charge in [-0.2, -0.15) is 4.39 Å². The lowest BCUT2D eigenvalue weighted by atomic mass is 10.2. The van der Waals surface area contributed by atoms with Crippen LogP contribution < -0.4 is 4.74 Å². The van der Waals surface area contributed by atoms with Gasteiger partial charge in [0, 0.05) is 17.2 Å². The molecular weight excluding hydrogens is 273 g/mol. The summed E-state index contributed by atoms with van der Waals surface area (Å²) >= 11 is 5.82. The van der Waals surface area contributed by atoms with Crippen molar-refractivity contribution in [2.24, 2.45) is 0 Å². The third kappa shape index (κ3) is 3.42. The van der Waals surface area contributed by atoms with Gasteiger partial charge in [0.2, 0.25) is 5.82 Å². The number of halogens is 2. The Bertz CT molecular complexity index is 619. The van der Waals surface area contributed by atoms with Gasteiger partial charge < -0.3 is 4.74 Å². The quantitative estimate of drug-likeness (QED) is 0.629. The minimum absolute atomic E-state index is 0.206. The van der Waals surface area contributed by atoms with E-state index in [9.17, 15) is 14.5 Å². The zero-order valence-corrected chi connectivity index (χ0v) is 10.4. The lowest BCUT2D eigenvalue weighted by molar-refractivity contribution is -0.387. The molecule has 2 rings (SSSR count). The average molecular weight is 282 g/mol. The number of hydrogen-bond acceptors (Lipinski definition) is 3. The first-order chi connectivity index (χ1) is 9.06. The predicted molar refractivity (Wildman–Crippen MR) is 68.8 cm³/mol. The van der Waals surface area contributed by atoms with Crippen LogP contribution in [0.5, 0.6) is 5.75 Å². The van der Waals surface area contributed by atoms with E-state index in [4.69, 9.17) is 16.3 Å². The highest BCUT2D eigenvalue weighted by molar-refractivity contribution is 6.30. The summed E-state index contributed by atoms with van der Waals surface area (Å²) in [4.78, 5) is 9.68. The third-order valence-corrected chi connectivity index (χ3v) is 2.65. The first-order valence-electron chi connectivity index (χ1n) is 5.37. The highest BCUT2D eigenvalue weighted by Gasteiger charge is 2.14. The molecule has 0 aliphatic rings. The maximum atomic E-state index is 13.3. The average Bonchev–Trinajstić information content (AvgIpc) is 2.36. The van der Waals surface area contributed by atoms with Crippen LogP contribution in [0.25, 0.3) is 0 Å². The number of nitro groups is 1. The van der Waals surface area contributed by atoms with Crippen LogP contribution in [0.15, 0.2) is 42.5 Å². The molecule has 4 nitrogen and oxygen atoms in total. The van der Waals surface area contributed by atoms with E-state index in [0.29, 0.717) is 5.02 Å². The number of hydrogen-bond donors (Lipinski definition) is 0. The van der Waals surface area contributed by atoms with Crippen LogP contribution in [0.1, 0.15) is 5.56 Å². The van der Waals surface area contributed by atoms with E-state index in [-0.39, 0.29) is 12.4 Å². The summed E-state index contributed by atoms with van der Waals surface area (Å²) in [5.41, 5.74) is 0.251. The predicted octanol–water partition coefficient (Wildman–Crippen LogP) is 3.97. The van der Waals surface area contributed by atoms with Crippen LogP contribution in [0.2, 0.25) is 5.02 Å². The van der Waals surface area contributed by atoms with E-state index in [0.717, 1.165) is 17.7 Å². The van der Waals surface area contributed by atoms with Crippen molar-refractivity contribution < 1.29 is 14.1 Å². The van der Waals surface area contributed by atoms with Crippen molar-refractivity contribution in [2.45, 2.75) is 6.61 Å². The normalized spacial score (nSPS) is 10.2. The molecule has 2 aromatic carbocycles. The van der Waals surface area contributed by atoms with E-state index in [1.54, 1.807) is 18.2 Å². The Morgan fingerprint density at radius 2 is 2.05 bits per heavy atom. The molecule has 0 spiro atoms. The van der Waals surface area contributed by atoms with Crippen LogP contribution in [0.4, 0.5) is 10.1 Å². The van der Waals surface area contributed by atoms with E-state index in [2.05, 4.69) is 0 Å². The maximum Gasteiger partial charge on any atom is 0.305 e. The van der Waals surface area contributed by atoms with Crippen molar-refractivity contribution in [3.8, 4) is 5.75 Å². The van der Waals surface area contributed by atoms with Gasteiger partial charge in [-0.25, -0.2) is 0 Å². The zero-order valence-electron chi connectivity index (χ0n) is 9.68. The molecule has 0 aliphatic heterocycles. The first-order valence-corrected chi connectivity index (χ1v) is 5.75. The molecule has 0 aliphatic carbocycles. The molecule has 0 saturated heterocycles. The van der Waals surface area contributed by atoms with Gasteiger partial charge in [0.15, 0.2) is 0 Å². The van der Waals surface area contributed by atoms with Crippen LogP contribution in [-0.4, -0.2) is 4.92 Å². The summed E-state index contributed by atoms with van der Waals surface area (Å²) < 4.78 is 18.7. The Balaban J connectivity index is 2.08. The van der Waals surface area contributed by atoms with E-state index in [1.165, 1.54) is 6.07 Å². The highest BCUT2D eigenvalue weighted by Crippen LogP contribution is 2.23. The molecule has 98 valence electrons. The zero-order chi connectivity index (χ0) is 13.8. The SMILES string of the molecule is O=[N+]([O-])c1ccc(OCc2cccc(Cl)c2)cc1F. The summed E-state index contributed by atoms with van der Waals surface area (Å²) in [6, 6.07) is 10.5. The second-order valence-corrected chi connectivity index (χ2v) is 4.23. The van der Waals surface area contributed by atoms with Gasteiger partial charge in [0.1, 0.15) is 12.4 Å². The standard InChI is InChI=1S/C13H9ClFNO3/c14-10-3-1-2-9(6-10)8-19-11-4-5-13(16(17)18)12(15)7-11/h1-7H,8H2. The van der Waals surface area contributed by atoms with Crippen LogP contribution in [0, 0.1) is 15.9 Å². The van der Waals surface area contributed by atoms with Crippen molar-refractivity contribution in [3.63, 3.8) is 0 Å². The van der Waals surface area contributed by atoms with Gasteiger partial charge in [-0.15, -0.1) is 0 Å². The molecule has 0 bridgehead atoms. The molecule has 0 unspecified atom stereocenters. The maximum absolute atomic E-state index is 13.3. The number of nitro benzene ring substituents is 1. The van der Waals surface area contributed by atoms with Crippen molar-refractivity contribution in [2.75, 3.05) is 0 Å². The fraction of sp³-hybridized carbons (Fsp3) is 0.0769. The van der Waals surface area contributed by atoms with Crippen molar-refractivity contribution in [3.05, 3.63) is 69.0 Å². The third-order valence-electron chi connectivity index (χ3n) is 2.41. The summed E-state index contributed by atoms with van der Waals surface area (Å²) in [6.07, 6.45) is 0. The molecule has 0 fully saturated rings. The molecule has 0 radical (unpaired) electrons. The van der Waals surface area contributed by atoms with E-state index < -0.39 is 16.4 Å². The lowest BCUT2D eigenvalue weighted by Crippen LogP contribution is -1.97. The Kier molecular flexibility index (Phi) is 3.97. The summed E-state index contributed by atoms with van der Waals surface area (Å²) in [5, 5.41) is 11.0. The number of rotatable bonds is 4. The number of benzene rings is 2. The van der Waals surface area contributed by atoms with E-state index >= 15 is 0 Å². The summed E-state index contributed by atoms with van der Waals surface area (Å²) in [7, 11) is 0. The Hall–Kier alpha value is -2.14. The van der Waals surface area contributed by atoms with Crippen molar-refractivity contribution in [1.82, 2.24) is 0 Å².